The average Bonchev–Trinajstić information content (AvgIpc) is 2.61. The van der Waals surface area contributed by atoms with Gasteiger partial charge in [-0.05, 0) is 24.3 Å². The molecule has 0 aromatic carbocycles. The Balaban J connectivity index is 2.20. The molecule has 1 unspecified atom stereocenters. The van der Waals surface area contributed by atoms with Crippen LogP contribution in [0, 0.1) is 11.8 Å². The summed E-state index contributed by atoms with van der Waals surface area (Å²) in [5, 5.41) is 32.0. The van der Waals surface area contributed by atoms with E-state index < -0.39 is 52.0 Å². The molecule has 3 rings (SSSR count). The molecular formula is C21H21NO6. The minimum atomic E-state index is -2.48. The maximum Gasteiger partial charge on any atom is 0.255 e. The molecule has 28 heavy (non-hydrogen) atoms. The molecule has 7 heteroatoms. The maximum atomic E-state index is 13.1. The number of aliphatic hydroxyl groups is 3. The summed E-state index contributed by atoms with van der Waals surface area (Å²) in [7, 11) is 0. The summed E-state index contributed by atoms with van der Waals surface area (Å²) >= 11 is 0. The summed E-state index contributed by atoms with van der Waals surface area (Å²) in [5.74, 6) is -5.55. The van der Waals surface area contributed by atoms with Crippen LogP contribution < -0.4 is 5.73 Å². The number of carbonyl (C=O) groups excluding carboxylic acids is 3. The van der Waals surface area contributed by atoms with Gasteiger partial charge in [-0.15, -0.1) is 0 Å². The van der Waals surface area contributed by atoms with E-state index in [1.54, 1.807) is 12.2 Å². The van der Waals surface area contributed by atoms with Gasteiger partial charge in [0.2, 0.25) is 5.78 Å². The molecule has 0 saturated heterocycles. The topological polar surface area (TPSA) is 138 Å². The van der Waals surface area contributed by atoms with E-state index in [4.69, 9.17) is 5.73 Å². The van der Waals surface area contributed by atoms with Gasteiger partial charge in [-0.2, -0.15) is 0 Å². The van der Waals surface area contributed by atoms with E-state index in [1.807, 2.05) is 0 Å². The number of allylic oxidation sites excluding steroid dienone is 8. The van der Waals surface area contributed by atoms with Gasteiger partial charge in [0.05, 0.1) is 0 Å². The van der Waals surface area contributed by atoms with Crippen LogP contribution in [0.1, 0.15) is 19.3 Å². The molecule has 0 aromatic heterocycles. The smallest absolute Gasteiger partial charge is 0.255 e. The van der Waals surface area contributed by atoms with E-state index in [0.717, 1.165) is 0 Å². The van der Waals surface area contributed by atoms with E-state index in [-0.39, 0.29) is 24.0 Å². The highest BCUT2D eigenvalue weighted by Gasteiger charge is 2.59. The number of hydrogen-bond acceptors (Lipinski definition) is 6. The van der Waals surface area contributed by atoms with E-state index >= 15 is 0 Å². The molecule has 3 aliphatic rings. The van der Waals surface area contributed by atoms with Crippen molar-refractivity contribution in [3.63, 3.8) is 0 Å². The Labute approximate surface area is 161 Å². The SMILES string of the molecule is C=C/C=C1/CC2C[C@H]3CC(O)=C(C(N)=O)C(=O)[C@@]3(O)C(O)=C2C(=O)/C1=C/C=C. The highest BCUT2D eigenvalue weighted by atomic mass is 16.3. The van der Waals surface area contributed by atoms with Gasteiger partial charge in [0.1, 0.15) is 17.1 Å². The summed E-state index contributed by atoms with van der Waals surface area (Å²) in [5.41, 5.74) is 2.85. The molecule has 0 spiro atoms. The highest BCUT2D eigenvalue weighted by Crippen LogP contribution is 2.51. The quantitative estimate of drug-likeness (QED) is 0.432. The fourth-order valence-electron chi connectivity index (χ4n) is 4.40. The Hall–Kier alpha value is -3.19. The largest absolute Gasteiger partial charge is 0.511 e. The van der Waals surface area contributed by atoms with Crippen molar-refractivity contribution in [1.29, 1.82) is 0 Å². The van der Waals surface area contributed by atoms with Gasteiger partial charge in [0.15, 0.2) is 11.4 Å². The van der Waals surface area contributed by atoms with Crippen molar-refractivity contribution >= 4 is 17.5 Å². The molecule has 5 N–H and O–H groups in total. The van der Waals surface area contributed by atoms with Gasteiger partial charge >= 0.3 is 0 Å². The van der Waals surface area contributed by atoms with Crippen LogP contribution >= 0.6 is 0 Å². The molecule has 1 fully saturated rings. The minimum Gasteiger partial charge on any atom is -0.511 e. The summed E-state index contributed by atoms with van der Waals surface area (Å²) in [4.78, 5) is 37.4. The number of amides is 1. The van der Waals surface area contributed by atoms with Crippen LogP contribution in [-0.4, -0.2) is 38.4 Å². The third kappa shape index (κ3) is 2.58. The van der Waals surface area contributed by atoms with E-state index in [9.17, 15) is 29.7 Å². The second-order valence-corrected chi connectivity index (χ2v) is 7.15. The monoisotopic (exact) mass is 383 g/mol. The van der Waals surface area contributed by atoms with Crippen LogP contribution in [0.3, 0.4) is 0 Å². The normalized spacial score (nSPS) is 33.0. The number of aliphatic hydroxyl groups excluding tert-OH is 2. The number of primary amides is 1. The molecule has 3 aliphatic carbocycles. The predicted molar refractivity (Wildman–Crippen MR) is 101 cm³/mol. The molecular weight excluding hydrogens is 362 g/mol. The van der Waals surface area contributed by atoms with Gasteiger partial charge in [-0.25, -0.2) is 0 Å². The molecule has 3 atom stereocenters. The van der Waals surface area contributed by atoms with Crippen molar-refractivity contribution in [1.82, 2.24) is 0 Å². The van der Waals surface area contributed by atoms with Crippen molar-refractivity contribution < 1.29 is 29.7 Å². The van der Waals surface area contributed by atoms with Gasteiger partial charge in [-0.1, -0.05) is 37.5 Å². The standard InChI is InChI=1S/C21H21NO6/c1-3-5-10-7-11-8-12-9-14(23)16(20(22)27)19(26)21(12,28)18(25)15(11)17(24)13(10)6-4-2/h3-6,11-12,23,25,28H,1-2,7-9H2,(H2,22,27)/b10-5-,13-6+/t11?,12-,21-/m0/s1. The lowest BCUT2D eigenvalue weighted by atomic mass is 9.60. The molecule has 0 aromatic rings. The minimum absolute atomic E-state index is 0.0633. The van der Waals surface area contributed by atoms with E-state index in [2.05, 4.69) is 13.2 Å². The summed E-state index contributed by atoms with van der Waals surface area (Å²) < 4.78 is 0. The van der Waals surface area contributed by atoms with E-state index in [1.165, 1.54) is 12.2 Å². The van der Waals surface area contributed by atoms with Crippen molar-refractivity contribution in [2.45, 2.75) is 24.9 Å². The number of rotatable bonds is 3. The Kier molecular flexibility index (Phi) is 4.72. The number of carbonyl (C=O) groups is 3. The summed E-state index contributed by atoms with van der Waals surface area (Å²) in [6, 6.07) is 0. The zero-order valence-electron chi connectivity index (χ0n) is 15.1. The molecule has 0 aliphatic heterocycles. The number of hydrogen-bond donors (Lipinski definition) is 4. The van der Waals surface area contributed by atoms with Crippen LogP contribution in [0.2, 0.25) is 0 Å². The third-order valence-electron chi connectivity index (χ3n) is 5.64. The first kappa shape index (κ1) is 19.6. The molecule has 1 saturated carbocycles. The predicted octanol–water partition coefficient (Wildman–Crippen LogP) is 1.63. The second kappa shape index (κ2) is 6.76. The van der Waals surface area contributed by atoms with Crippen LogP contribution in [0.15, 0.2) is 71.3 Å². The lowest BCUT2D eigenvalue weighted by molar-refractivity contribution is -0.144. The lowest BCUT2D eigenvalue weighted by Gasteiger charge is -2.45. The Morgan fingerprint density at radius 3 is 2.36 bits per heavy atom. The first-order valence-electron chi connectivity index (χ1n) is 8.80. The van der Waals surface area contributed by atoms with Crippen molar-refractivity contribution in [2.24, 2.45) is 17.6 Å². The highest BCUT2D eigenvalue weighted by molar-refractivity contribution is 6.24. The molecule has 7 nitrogen and oxygen atoms in total. The van der Waals surface area contributed by atoms with Crippen molar-refractivity contribution in [2.75, 3.05) is 0 Å². The van der Waals surface area contributed by atoms with Crippen LogP contribution in [0.4, 0.5) is 0 Å². The van der Waals surface area contributed by atoms with Crippen LogP contribution in [-0.2, 0) is 14.4 Å². The van der Waals surface area contributed by atoms with Gasteiger partial charge in [-0.3, -0.25) is 14.4 Å². The van der Waals surface area contributed by atoms with Gasteiger partial charge < -0.3 is 21.1 Å². The fourth-order valence-corrected chi connectivity index (χ4v) is 4.40. The molecule has 1 amide bonds. The number of Topliss-reactive ketones (excluding diaryl/α,β-unsaturated/α-hetero) is 2. The van der Waals surface area contributed by atoms with Gasteiger partial charge in [0, 0.05) is 23.5 Å². The first-order chi connectivity index (χ1) is 13.2. The summed E-state index contributed by atoms with van der Waals surface area (Å²) in [6.07, 6.45) is 6.50. The van der Waals surface area contributed by atoms with E-state index in [0.29, 0.717) is 12.0 Å². The Morgan fingerprint density at radius 2 is 1.79 bits per heavy atom. The first-order valence-corrected chi connectivity index (χ1v) is 8.80. The number of nitrogens with two attached hydrogens (primary N) is 1. The Bertz CT molecular complexity index is 948. The number of ketones is 2. The summed E-state index contributed by atoms with van der Waals surface area (Å²) in [6.45, 7) is 7.23. The molecule has 0 heterocycles. The van der Waals surface area contributed by atoms with Gasteiger partial charge in [0.25, 0.3) is 5.91 Å². The zero-order chi connectivity index (χ0) is 20.8. The molecule has 0 radical (unpaired) electrons. The number of fused-ring (bicyclic) bond motifs is 2. The molecule has 146 valence electrons. The lowest BCUT2D eigenvalue weighted by Crippen LogP contribution is -2.57. The van der Waals surface area contributed by atoms with Crippen LogP contribution in [0.5, 0.6) is 0 Å². The second-order valence-electron chi connectivity index (χ2n) is 7.15. The van der Waals surface area contributed by atoms with Crippen molar-refractivity contribution in [3.05, 3.63) is 71.3 Å². The van der Waals surface area contributed by atoms with Crippen LogP contribution in [0.25, 0.3) is 0 Å². The van der Waals surface area contributed by atoms with Crippen molar-refractivity contribution in [3.8, 4) is 0 Å². The Morgan fingerprint density at radius 1 is 1.14 bits per heavy atom. The molecule has 0 bridgehead atoms. The third-order valence-corrected chi connectivity index (χ3v) is 5.64. The average molecular weight is 383 g/mol. The zero-order valence-corrected chi connectivity index (χ0v) is 15.1. The fraction of sp³-hybridized carbons (Fsp3) is 0.286. The maximum absolute atomic E-state index is 13.1.